The lowest BCUT2D eigenvalue weighted by atomic mass is 9.90. The third kappa shape index (κ3) is 3.33. The Labute approximate surface area is 143 Å². The van der Waals surface area contributed by atoms with Crippen molar-refractivity contribution in [3.05, 3.63) is 29.8 Å². The second-order valence-corrected chi connectivity index (χ2v) is 6.46. The first kappa shape index (κ1) is 17.3. The Balaban J connectivity index is 1.71. The summed E-state index contributed by atoms with van der Waals surface area (Å²) in [7, 11) is 0. The first-order chi connectivity index (χ1) is 11.9. The number of hydrogen-bond donors (Lipinski definition) is 2. The smallest absolute Gasteiger partial charge is 0.323 e. The maximum atomic E-state index is 13.6. The summed E-state index contributed by atoms with van der Waals surface area (Å²) in [5.41, 5.74) is -1.54. The van der Waals surface area contributed by atoms with Gasteiger partial charge < -0.3 is 10.6 Å². The van der Waals surface area contributed by atoms with E-state index in [0.717, 1.165) is 42.7 Å². The molecule has 1 spiro atoms. The topological polar surface area (TPSA) is 78.5 Å². The van der Waals surface area contributed by atoms with Gasteiger partial charge in [0.15, 0.2) is 0 Å². The molecule has 2 aliphatic rings. The highest BCUT2D eigenvalue weighted by Gasteiger charge is 2.51. The highest BCUT2D eigenvalue weighted by atomic mass is 19.1. The quantitative estimate of drug-likeness (QED) is 0.822. The molecule has 2 N–H and O–H groups in total. The van der Waals surface area contributed by atoms with E-state index >= 15 is 0 Å². The number of hydrogen-bond acceptors (Lipinski definition) is 3. The molecule has 0 atom stereocenters. The zero-order valence-electron chi connectivity index (χ0n) is 13.6. The Bertz CT molecular complexity index is 695. The van der Waals surface area contributed by atoms with Crippen molar-refractivity contribution in [1.29, 1.82) is 0 Å². The van der Waals surface area contributed by atoms with Gasteiger partial charge >= 0.3 is 6.03 Å². The summed E-state index contributed by atoms with van der Waals surface area (Å²) in [6.45, 7) is -0.583. The van der Waals surface area contributed by atoms with Crippen LogP contribution in [0.1, 0.15) is 38.5 Å². The fourth-order valence-electron chi connectivity index (χ4n) is 3.43. The molecule has 1 saturated heterocycles. The van der Waals surface area contributed by atoms with Crippen LogP contribution in [0.15, 0.2) is 18.2 Å². The number of halogens is 2. The molecule has 2 fully saturated rings. The summed E-state index contributed by atoms with van der Waals surface area (Å²) in [4.78, 5) is 37.7. The SMILES string of the molecule is O=C(CN1C(=O)NC2(CCCCCC2)C1=O)Nc1c(F)cccc1F. The fraction of sp³-hybridized carbons (Fsp3) is 0.471. The molecule has 0 aromatic heterocycles. The van der Waals surface area contributed by atoms with Crippen molar-refractivity contribution < 1.29 is 23.2 Å². The van der Waals surface area contributed by atoms with Gasteiger partial charge in [-0.1, -0.05) is 31.7 Å². The lowest BCUT2D eigenvalue weighted by molar-refractivity contribution is -0.134. The summed E-state index contributed by atoms with van der Waals surface area (Å²) in [6, 6.07) is 2.55. The van der Waals surface area contributed by atoms with Crippen LogP contribution in [0.25, 0.3) is 0 Å². The lowest BCUT2D eigenvalue weighted by Crippen LogP contribution is -2.47. The van der Waals surface area contributed by atoms with Gasteiger partial charge in [-0.2, -0.15) is 0 Å². The number of amides is 4. The number of para-hydroxylation sites is 1. The zero-order chi connectivity index (χ0) is 18.0. The molecule has 0 bridgehead atoms. The molecule has 1 saturated carbocycles. The molecule has 3 rings (SSSR count). The summed E-state index contributed by atoms with van der Waals surface area (Å²) in [5.74, 6) is -3.13. The van der Waals surface area contributed by atoms with Crippen LogP contribution < -0.4 is 10.6 Å². The van der Waals surface area contributed by atoms with E-state index in [-0.39, 0.29) is 0 Å². The minimum atomic E-state index is -0.947. The van der Waals surface area contributed by atoms with Gasteiger partial charge in [-0.3, -0.25) is 14.5 Å². The maximum absolute atomic E-state index is 13.6. The van der Waals surface area contributed by atoms with Crippen LogP contribution in [-0.2, 0) is 9.59 Å². The molecular weight excluding hydrogens is 332 g/mol. The lowest BCUT2D eigenvalue weighted by Gasteiger charge is -2.24. The molecule has 6 nitrogen and oxygen atoms in total. The monoisotopic (exact) mass is 351 g/mol. The summed E-state index contributed by atoms with van der Waals surface area (Å²) < 4.78 is 27.2. The van der Waals surface area contributed by atoms with Gasteiger partial charge in [-0.15, -0.1) is 0 Å². The second-order valence-electron chi connectivity index (χ2n) is 6.46. The number of rotatable bonds is 3. The summed E-state index contributed by atoms with van der Waals surface area (Å²) in [5, 5.41) is 4.80. The number of benzene rings is 1. The van der Waals surface area contributed by atoms with Gasteiger partial charge in [-0.05, 0) is 25.0 Å². The van der Waals surface area contributed by atoms with E-state index < -0.39 is 47.3 Å². The Hall–Kier alpha value is -2.51. The average Bonchev–Trinajstić information content (AvgIpc) is 2.74. The molecule has 1 aliphatic heterocycles. The summed E-state index contributed by atoms with van der Waals surface area (Å²) in [6.07, 6.45) is 4.73. The third-order valence-corrected chi connectivity index (χ3v) is 4.73. The van der Waals surface area contributed by atoms with Crippen molar-refractivity contribution in [3.8, 4) is 0 Å². The van der Waals surface area contributed by atoms with E-state index in [1.807, 2.05) is 0 Å². The molecule has 25 heavy (non-hydrogen) atoms. The van der Waals surface area contributed by atoms with Crippen molar-refractivity contribution >= 4 is 23.5 Å². The van der Waals surface area contributed by atoms with Crippen LogP contribution in [0.3, 0.4) is 0 Å². The second kappa shape index (κ2) is 6.78. The Morgan fingerprint density at radius 1 is 1.12 bits per heavy atom. The largest absolute Gasteiger partial charge is 0.325 e. The van der Waals surface area contributed by atoms with Crippen molar-refractivity contribution in [1.82, 2.24) is 10.2 Å². The van der Waals surface area contributed by atoms with Crippen LogP contribution in [0.4, 0.5) is 19.3 Å². The van der Waals surface area contributed by atoms with Crippen LogP contribution in [0.2, 0.25) is 0 Å². The molecule has 4 amide bonds. The Morgan fingerprint density at radius 2 is 1.72 bits per heavy atom. The van der Waals surface area contributed by atoms with Gasteiger partial charge in [-0.25, -0.2) is 13.6 Å². The van der Waals surface area contributed by atoms with Gasteiger partial charge in [0, 0.05) is 0 Å². The minimum Gasteiger partial charge on any atom is -0.323 e. The number of nitrogens with one attached hydrogen (secondary N) is 2. The molecule has 1 aliphatic carbocycles. The van der Waals surface area contributed by atoms with Crippen molar-refractivity contribution in [2.45, 2.75) is 44.1 Å². The van der Waals surface area contributed by atoms with Crippen LogP contribution in [-0.4, -0.2) is 34.8 Å². The zero-order valence-corrected chi connectivity index (χ0v) is 13.6. The van der Waals surface area contributed by atoms with Gasteiger partial charge in [0.1, 0.15) is 29.4 Å². The molecule has 1 heterocycles. The van der Waals surface area contributed by atoms with E-state index in [1.54, 1.807) is 0 Å². The Morgan fingerprint density at radius 3 is 2.32 bits per heavy atom. The van der Waals surface area contributed by atoms with E-state index in [4.69, 9.17) is 0 Å². The molecule has 0 unspecified atom stereocenters. The molecule has 1 aromatic rings. The standard InChI is InChI=1S/C17H19F2N3O3/c18-11-6-5-7-12(19)14(11)20-13(23)10-22-15(24)17(21-16(22)25)8-3-1-2-4-9-17/h5-7H,1-4,8-10H2,(H,20,23)(H,21,25). The minimum absolute atomic E-state index is 0.441. The van der Waals surface area contributed by atoms with Crippen molar-refractivity contribution in [2.24, 2.45) is 0 Å². The number of anilines is 1. The predicted molar refractivity (Wildman–Crippen MR) is 85.7 cm³/mol. The van der Waals surface area contributed by atoms with Gasteiger partial charge in [0.05, 0.1) is 0 Å². The maximum Gasteiger partial charge on any atom is 0.325 e. The van der Waals surface area contributed by atoms with E-state index in [2.05, 4.69) is 10.6 Å². The van der Waals surface area contributed by atoms with Gasteiger partial charge in [0.25, 0.3) is 5.91 Å². The normalized spacial score (nSPS) is 19.7. The highest BCUT2D eigenvalue weighted by Crippen LogP contribution is 2.32. The fourth-order valence-corrected chi connectivity index (χ4v) is 3.43. The average molecular weight is 351 g/mol. The predicted octanol–water partition coefficient (Wildman–Crippen LogP) is 2.55. The van der Waals surface area contributed by atoms with Crippen LogP contribution in [0.5, 0.6) is 0 Å². The Kier molecular flexibility index (Phi) is 4.69. The number of nitrogens with zero attached hydrogens (tertiary/aromatic N) is 1. The number of urea groups is 1. The molecule has 0 radical (unpaired) electrons. The third-order valence-electron chi connectivity index (χ3n) is 4.73. The van der Waals surface area contributed by atoms with E-state index in [1.165, 1.54) is 6.07 Å². The number of imide groups is 1. The first-order valence-electron chi connectivity index (χ1n) is 8.31. The van der Waals surface area contributed by atoms with Crippen LogP contribution >= 0.6 is 0 Å². The highest BCUT2D eigenvalue weighted by molar-refractivity contribution is 6.10. The summed E-state index contributed by atoms with van der Waals surface area (Å²) >= 11 is 0. The van der Waals surface area contributed by atoms with Crippen molar-refractivity contribution in [3.63, 3.8) is 0 Å². The van der Waals surface area contributed by atoms with Gasteiger partial charge in [0.2, 0.25) is 5.91 Å². The van der Waals surface area contributed by atoms with E-state index in [0.29, 0.717) is 12.8 Å². The van der Waals surface area contributed by atoms with Crippen molar-refractivity contribution in [2.75, 3.05) is 11.9 Å². The number of carbonyl (C=O) groups is 3. The van der Waals surface area contributed by atoms with Crippen LogP contribution in [0, 0.1) is 11.6 Å². The molecule has 1 aromatic carbocycles. The number of carbonyl (C=O) groups excluding carboxylic acids is 3. The molecule has 134 valence electrons. The van der Waals surface area contributed by atoms with E-state index in [9.17, 15) is 23.2 Å². The molecule has 8 heteroatoms. The molecular formula is C17H19F2N3O3. The first-order valence-corrected chi connectivity index (χ1v) is 8.31.